The molecule has 0 aliphatic rings. The standard InChI is InChI=1S/C16H17BrF3N3O3S2/c1-9-7-12(26-2)22-15(21-9)14(27-3)10-5-4-6-11(17)13(10)23-28(24,25)8-16(18,19)20/h4-7,14,23H,8H2,1-3H3. The number of halogens is 4. The molecule has 1 aromatic heterocycles. The highest BCUT2D eigenvalue weighted by atomic mass is 79.9. The van der Waals surface area contributed by atoms with Crippen LogP contribution in [0.15, 0.2) is 28.7 Å². The summed E-state index contributed by atoms with van der Waals surface area (Å²) in [6, 6.07) is 6.42. The van der Waals surface area contributed by atoms with Crippen LogP contribution in [0.2, 0.25) is 0 Å². The Balaban J connectivity index is 2.53. The van der Waals surface area contributed by atoms with Gasteiger partial charge in [-0.3, -0.25) is 4.72 Å². The molecule has 0 radical (unpaired) electrons. The number of para-hydroxylation sites is 1. The quantitative estimate of drug-likeness (QED) is 0.611. The van der Waals surface area contributed by atoms with Gasteiger partial charge in [0.1, 0.15) is 5.82 Å². The fourth-order valence-electron chi connectivity index (χ4n) is 2.43. The van der Waals surface area contributed by atoms with E-state index in [2.05, 4.69) is 25.9 Å². The van der Waals surface area contributed by atoms with Crippen LogP contribution in [0.5, 0.6) is 5.88 Å². The van der Waals surface area contributed by atoms with E-state index in [0.717, 1.165) is 0 Å². The Morgan fingerprint density at radius 3 is 2.57 bits per heavy atom. The summed E-state index contributed by atoms with van der Waals surface area (Å²) >= 11 is 4.52. The van der Waals surface area contributed by atoms with Crippen LogP contribution in [0, 0.1) is 6.92 Å². The topological polar surface area (TPSA) is 81.2 Å². The second kappa shape index (κ2) is 8.87. The van der Waals surface area contributed by atoms with Crippen molar-refractivity contribution >= 4 is 43.4 Å². The van der Waals surface area contributed by atoms with Crippen LogP contribution in [0.25, 0.3) is 0 Å². The molecule has 2 aromatic rings. The van der Waals surface area contributed by atoms with E-state index in [1.165, 1.54) is 24.9 Å². The number of aryl methyl sites for hydroxylation is 1. The van der Waals surface area contributed by atoms with E-state index in [-0.39, 0.29) is 5.69 Å². The molecule has 0 fully saturated rings. The zero-order valence-electron chi connectivity index (χ0n) is 15.0. The predicted octanol–water partition coefficient (Wildman–Crippen LogP) is 4.31. The average Bonchev–Trinajstić information content (AvgIpc) is 2.55. The first kappa shape index (κ1) is 22.8. The van der Waals surface area contributed by atoms with Gasteiger partial charge in [0.2, 0.25) is 15.9 Å². The van der Waals surface area contributed by atoms with Gasteiger partial charge in [-0.25, -0.2) is 13.4 Å². The van der Waals surface area contributed by atoms with E-state index in [1.807, 2.05) is 4.72 Å². The molecule has 28 heavy (non-hydrogen) atoms. The number of sulfonamides is 1. The monoisotopic (exact) mass is 499 g/mol. The molecule has 1 aromatic carbocycles. The highest BCUT2D eigenvalue weighted by Crippen LogP contribution is 2.40. The van der Waals surface area contributed by atoms with Gasteiger partial charge in [0.25, 0.3) is 0 Å². The first-order valence-electron chi connectivity index (χ1n) is 7.74. The van der Waals surface area contributed by atoms with Gasteiger partial charge in [-0.1, -0.05) is 12.1 Å². The summed E-state index contributed by atoms with van der Waals surface area (Å²) in [6.07, 6.45) is -3.10. The number of nitrogens with zero attached hydrogens (tertiary/aromatic N) is 2. The Morgan fingerprint density at radius 2 is 2.00 bits per heavy atom. The van der Waals surface area contributed by atoms with Gasteiger partial charge in [0.15, 0.2) is 5.75 Å². The Morgan fingerprint density at radius 1 is 1.32 bits per heavy atom. The Bertz CT molecular complexity index is 956. The van der Waals surface area contributed by atoms with Crippen molar-refractivity contribution in [3.63, 3.8) is 0 Å². The first-order chi connectivity index (χ1) is 13.0. The zero-order valence-corrected chi connectivity index (χ0v) is 18.3. The number of hydrogen-bond donors (Lipinski definition) is 1. The Hall–Kier alpha value is -1.53. The summed E-state index contributed by atoms with van der Waals surface area (Å²) in [5.41, 5.74) is 1.06. The summed E-state index contributed by atoms with van der Waals surface area (Å²) in [4.78, 5) is 8.67. The SMILES string of the molecule is COc1cc(C)nc(C(SC)c2cccc(Br)c2NS(=O)(=O)CC(F)(F)F)n1. The maximum Gasteiger partial charge on any atom is 0.404 e. The number of anilines is 1. The van der Waals surface area contributed by atoms with Gasteiger partial charge < -0.3 is 4.74 Å². The Labute approximate surface area is 173 Å². The molecule has 2 rings (SSSR count). The van der Waals surface area contributed by atoms with Crippen molar-refractivity contribution in [2.45, 2.75) is 18.3 Å². The van der Waals surface area contributed by atoms with Crippen molar-refractivity contribution in [3.05, 3.63) is 45.8 Å². The van der Waals surface area contributed by atoms with Crippen molar-refractivity contribution < 1.29 is 26.3 Å². The lowest BCUT2D eigenvalue weighted by Crippen LogP contribution is -2.28. The third-order valence-electron chi connectivity index (χ3n) is 3.47. The van der Waals surface area contributed by atoms with E-state index in [1.54, 1.807) is 31.4 Å². The van der Waals surface area contributed by atoms with Crippen molar-refractivity contribution in [2.75, 3.05) is 23.8 Å². The molecule has 154 valence electrons. The number of methoxy groups -OCH3 is 1. The number of alkyl halides is 3. The van der Waals surface area contributed by atoms with Crippen molar-refractivity contribution in [1.82, 2.24) is 9.97 Å². The molecule has 0 bridgehead atoms. The second-order valence-electron chi connectivity index (χ2n) is 5.71. The van der Waals surface area contributed by atoms with Crippen LogP contribution < -0.4 is 9.46 Å². The Kier molecular flexibility index (Phi) is 7.21. The molecule has 1 unspecified atom stereocenters. The average molecular weight is 500 g/mol. The van der Waals surface area contributed by atoms with E-state index in [0.29, 0.717) is 27.4 Å². The minimum atomic E-state index is -4.86. The van der Waals surface area contributed by atoms with E-state index < -0.39 is 27.2 Å². The summed E-state index contributed by atoms with van der Waals surface area (Å²) in [5.74, 6) is -1.31. The van der Waals surface area contributed by atoms with E-state index in [9.17, 15) is 21.6 Å². The molecule has 6 nitrogen and oxygen atoms in total. The maximum absolute atomic E-state index is 12.6. The second-order valence-corrected chi connectivity index (χ2v) is 9.23. The third kappa shape index (κ3) is 5.98. The third-order valence-corrected chi connectivity index (χ3v) is 6.29. The first-order valence-corrected chi connectivity index (χ1v) is 11.5. The number of thioether (sulfide) groups is 1. The number of benzene rings is 1. The van der Waals surface area contributed by atoms with Gasteiger partial charge in [0.05, 0.1) is 18.0 Å². The van der Waals surface area contributed by atoms with Crippen LogP contribution in [-0.4, -0.2) is 43.7 Å². The summed E-state index contributed by atoms with van der Waals surface area (Å²) in [5, 5.41) is -0.546. The minimum absolute atomic E-state index is 0.00942. The molecular formula is C16H17BrF3N3O3S2. The lowest BCUT2D eigenvalue weighted by Gasteiger charge is -2.20. The number of nitrogens with one attached hydrogen (secondary N) is 1. The van der Waals surface area contributed by atoms with Gasteiger partial charge in [-0.15, -0.1) is 11.8 Å². The fourth-order valence-corrected chi connectivity index (χ4v) is 4.85. The van der Waals surface area contributed by atoms with Gasteiger partial charge in [-0.05, 0) is 40.7 Å². The van der Waals surface area contributed by atoms with Crippen LogP contribution in [0.4, 0.5) is 18.9 Å². The van der Waals surface area contributed by atoms with Crippen molar-refractivity contribution in [2.24, 2.45) is 0 Å². The van der Waals surface area contributed by atoms with Gasteiger partial charge in [0, 0.05) is 16.2 Å². The van der Waals surface area contributed by atoms with Crippen LogP contribution in [0.1, 0.15) is 22.3 Å². The molecule has 0 aliphatic heterocycles. The van der Waals surface area contributed by atoms with Crippen LogP contribution >= 0.6 is 27.7 Å². The minimum Gasteiger partial charge on any atom is -0.481 e. The molecule has 1 atom stereocenters. The van der Waals surface area contributed by atoms with Crippen molar-refractivity contribution in [1.29, 1.82) is 0 Å². The molecule has 1 N–H and O–H groups in total. The summed E-state index contributed by atoms with van der Waals surface area (Å²) < 4.78 is 69.3. The van der Waals surface area contributed by atoms with E-state index >= 15 is 0 Å². The van der Waals surface area contributed by atoms with Crippen LogP contribution in [0.3, 0.4) is 0 Å². The lowest BCUT2D eigenvalue weighted by atomic mass is 10.1. The number of hydrogen-bond acceptors (Lipinski definition) is 6. The normalized spacial score (nSPS) is 13.2. The molecule has 0 saturated heterocycles. The van der Waals surface area contributed by atoms with Gasteiger partial charge >= 0.3 is 6.18 Å². The fraction of sp³-hybridized carbons (Fsp3) is 0.375. The molecule has 0 amide bonds. The number of ether oxygens (including phenoxy) is 1. The molecule has 0 aliphatic carbocycles. The lowest BCUT2D eigenvalue weighted by molar-refractivity contribution is -0.106. The summed E-state index contributed by atoms with van der Waals surface area (Å²) in [6.45, 7) is 1.75. The molecular weight excluding hydrogens is 483 g/mol. The van der Waals surface area contributed by atoms with E-state index in [4.69, 9.17) is 4.74 Å². The summed E-state index contributed by atoms with van der Waals surface area (Å²) in [7, 11) is -3.21. The number of rotatable bonds is 7. The molecule has 0 spiro atoms. The largest absolute Gasteiger partial charge is 0.481 e. The predicted molar refractivity (Wildman–Crippen MR) is 106 cm³/mol. The molecule has 0 saturated carbocycles. The highest BCUT2D eigenvalue weighted by molar-refractivity contribution is 9.10. The molecule has 12 heteroatoms. The maximum atomic E-state index is 12.6. The zero-order chi connectivity index (χ0) is 21.1. The van der Waals surface area contributed by atoms with Gasteiger partial charge in [-0.2, -0.15) is 18.2 Å². The highest BCUT2D eigenvalue weighted by Gasteiger charge is 2.36. The van der Waals surface area contributed by atoms with Crippen molar-refractivity contribution in [3.8, 4) is 5.88 Å². The molecule has 1 heterocycles. The van der Waals surface area contributed by atoms with Crippen LogP contribution in [-0.2, 0) is 10.0 Å². The smallest absolute Gasteiger partial charge is 0.404 e. The number of aromatic nitrogens is 2.